The number of nitriles is 1. The van der Waals surface area contributed by atoms with Gasteiger partial charge < -0.3 is 10.1 Å². The maximum absolute atomic E-state index is 12.3. The van der Waals surface area contributed by atoms with Crippen molar-refractivity contribution in [2.75, 3.05) is 57.8 Å². The van der Waals surface area contributed by atoms with E-state index in [0.29, 0.717) is 41.9 Å². The first-order valence-electron chi connectivity index (χ1n) is 8.81. The molecule has 0 aliphatic carbocycles. The van der Waals surface area contributed by atoms with E-state index in [0.717, 1.165) is 32.8 Å². The summed E-state index contributed by atoms with van der Waals surface area (Å²) < 4.78 is 30.0. The van der Waals surface area contributed by atoms with Crippen molar-refractivity contribution in [3.8, 4) is 6.07 Å². The molecule has 1 amide bonds. The van der Waals surface area contributed by atoms with Crippen LogP contribution in [0, 0.1) is 11.3 Å². The minimum atomic E-state index is -2.47. The number of nitrogens with one attached hydrogen (secondary N) is 1. The highest BCUT2D eigenvalue weighted by atomic mass is 32.2. The second-order valence-corrected chi connectivity index (χ2v) is 7.15. The number of nitrogens with zero attached hydrogens (tertiary/aromatic N) is 3. The Balaban J connectivity index is 1.81. The number of thioether (sulfide) groups is 1. The molecule has 0 aromatic heterocycles. The molecule has 2 rings (SSSR count). The lowest BCUT2D eigenvalue weighted by molar-refractivity contribution is -0.117. The summed E-state index contributed by atoms with van der Waals surface area (Å²) in [5.74, 6) is -2.66. The molecule has 1 aromatic rings. The van der Waals surface area contributed by atoms with E-state index in [-0.39, 0.29) is 12.5 Å². The molecule has 0 spiro atoms. The lowest BCUT2D eigenvalue weighted by Gasteiger charge is -2.29. The van der Waals surface area contributed by atoms with Gasteiger partial charge in [0.1, 0.15) is 0 Å². The predicted octanol–water partition coefficient (Wildman–Crippen LogP) is 2.49. The summed E-state index contributed by atoms with van der Waals surface area (Å²) in [6.45, 7) is 5.41. The van der Waals surface area contributed by atoms with Crippen molar-refractivity contribution in [2.24, 2.45) is 0 Å². The van der Waals surface area contributed by atoms with Gasteiger partial charge in [-0.2, -0.15) is 14.0 Å². The molecule has 0 atom stereocenters. The van der Waals surface area contributed by atoms with Crippen LogP contribution in [-0.2, 0) is 9.53 Å². The molecule has 6 nitrogen and oxygen atoms in total. The molecule has 1 fully saturated rings. The normalized spacial score (nSPS) is 15.1. The first kappa shape index (κ1) is 21.6. The van der Waals surface area contributed by atoms with Crippen molar-refractivity contribution >= 4 is 23.4 Å². The Morgan fingerprint density at radius 1 is 1.30 bits per heavy atom. The molecule has 0 saturated carbocycles. The molecule has 148 valence electrons. The van der Waals surface area contributed by atoms with Gasteiger partial charge in [-0.15, -0.1) is 0 Å². The van der Waals surface area contributed by atoms with E-state index in [1.165, 1.54) is 0 Å². The fourth-order valence-electron chi connectivity index (χ4n) is 2.71. The van der Waals surface area contributed by atoms with Gasteiger partial charge in [0.15, 0.2) is 0 Å². The molecule has 1 saturated heterocycles. The van der Waals surface area contributed by atoms with Crippen LogP contribution in [0.15, 0.2) is 29.2 Å². The lowest BCUT2D eigenvalue weighted by Crippen LogP contribution is -2.43. The molecule has 27 heavy (non-hydrogen) atoms. The summed E-state index contributed by atoms with van der Waals surface area (Å²) in [5, 5.41) is 11.6. The fraction of sp³-hybridized carbons (Fsp3) is 0.556. The Bertz CT molecular complexity index is 619. The molecule has 1 aliphatic heterocycles. The van der Waals surface area contributed by atoms with E-state index in [4.69, 9.17) is 10.00 Å². The van der Waals surface area contributed by atoms with E-state index in [2.05, 4.69) is 16.3 Å². The van der Waals surface area contributed by atoms with Crippen LogP contribution in [0.25, 0.3) is 0 Å². The number of carbonyl (C=O) groups excluding carboxylic acids is 1. The number of carbonyl (C=O) groups is 1. The quantitative estimate of drug-likeness (QED) is 0.611. The molecular weight excluding hydrogens is 374 g/mol. The number of rotatable bonds is 10. The Morgan fingerprint density at radius 3 is 2.63 bits per heavy atom. The summed E-state index contributed by atoms with van der Waals surface area (Å²) in [7, 11) is 0. The number of morpholine rings is 1. The second kappa shape index (κ2) is 11.9. The Kier molecular flexibility index (Phi) is 9.48. The Labute approximate surface area is 162 Å². The largest absolute Gasteiger partial charge is 0.379 e. The third-order valence-corrected chi connectivity index (χ3v) is 4.83. The molecule has 9 heteroatoms. The number of alkyl halides is 2. The van der Waals surface area contributed by atoms with E-state index >= 15 is 0 Å². The average Bonchev–Trinajstić information content (AvgIpc) is 2.66. The SMILES string of the molecule is N#CCCN(CCN1CCOCC1)CC(=O)Nc1ccc(SC(F)F)cc1. The molecule has 0 radical (unpaired) electrons. The smallest absolute Gasteiger partial charge is 0.288 e. The molecule has 1 heterocycles. The first-order chi connectivity index (χ1) is 13.1. The number of hydrogen-bond acceptors (Lipinski definition) is 6. The van der Waals surface area contributed by atoms with Crippen molar-refractivity contribution in [3.63, 3.8) is 0 Å². The Hall–Kier alpha value is -1.73. The maximum Gasteiger partial charge on any atom is 0.288 e. The number of ether oxygens (including phenoxy) is 1. The van der Waals surface area contributed by atoms with Gasteiger partial charge in [-0.25, -0.2) is 0 Å². The van der Waals surface area contributed by atoms with Crippen molar-refractivity contribution in [2.45, 2.75) is 17.1 Å². The zero-order valence-electron chi connectivity index (χ0n) is 15.1. The summed E-state index contributed by atoms with van der Waals surface area (Å²) in [6.07, 6.45) is 0.357. The summed E-state index contributed by atoms with van der Waals surface area (Å²) in [6, 6.07) is 8.43. The zero-order chi connectivity index (χ0) is 19.5. The van der Waals surface area contributed by atoms with Gasteiger partial charge in [0, 0.05) is 49.7 Å². The van der Waals surface area contributed by atoms with E-state index in [1.807, 2.05) is 4.90 Å². The van der Waals surface area contributed by atoms with E-state index in [1.54, 1.807) is 24.3 Å². The van der Waals surface area contributed by atoms with E-state index < -0.39 is 5.76 Å². The number of amides is 1. The molecule has 0 unspecified atom stereocenters. The molecule has 1 N–H and O–H groups in total. The van der Waals surface area contributed by atoms with Gasteiger partial charge >= 0.3 is 0 Å². The van der Waals surface area contributed by atoms with Crippen LogP contribution < -0.4 is 5.32 Å². The maximum atomic E-state index is 12.3. The highest BCUT2D eigenvalue weighted by Crippen LogP contribution is 2.26. The summed E-state index contributed by atoms with van der Waals surface area (Å²) >= 11 is 0.467. The third-order valence-electron chi connectivity index (χ3n) is 4.11. The minimum Gasteiger partial charge on any atom is -0.379 e. The second-order valence-electron chi connectivity index (χ2n) is 6.09. The van der Waals surface area contributed by atoms with Crippen molar-refractivity contribution in [3.05, 3.63) is 24.3 Å². The van der Waals surface area contributed by atoms with Gasteiger partial charge in [-0.05, 0) is 24.3 Å². The zero-order valence-corrected chi connectivity index (χ0v) is 15.9. The first-order valence-corrected chi connectivity index (χ1v) is 9.69. The fourth-order valence-corrected chi connectivity index (χ4v) is 3.21. The third kappa shape index (κ3) is 8.67. The molecule has 1 aromatic carbocycles. The van der Waals surface area contributed by atoms with Crippen molar-refractivity contribution in [1.82, 2.24) is 9.80 Å². The van der Waals surface area contributed by atoms with Gasteiger partial charge in [-0.1, -0.05) is 11.8 Å². The minimum absolute atomic E-state index is 0.180. The lowest BCUT2D eigenvalue weighted by atomic mass is 10.3. The van der Waals surface area contributed by atoms with Gasteiger partial charge in [0.2, 0.25) is 5.91 Å². The number of anilines is 1. The molecule has 0 bridgehead atoms. The van der Waals surface area contributed by atoms with Crippen molar-refractivity contribution < 1.29 is 18.3 Å². The van der Waals surface area contributed by atoms with Crippen LogP contribution >= 0.6 is 11.8 Å². The number of benzene rings is 1. The molecular formula is C18H24F2N4O2S. The highest BCUT2D eigenvalue weighted by molar-refractivity contribution is 7.99. The van der Waals surface area contributed by atoms with Gasteiger partial charge in [-0.3, -0.25) is 14.6 Å². The van der Waals surface area contributed by atoms with Gasteiger partial charge in [0.25, 0.3) is 5.76 Å². The van der Waals surface area contributed by atoms with Crippen LogP contribution in [0.2, 0.25) is 0 Å². The summed E-state index contributed by atoms with van der Waals surface area (Å²) in [4.78, 5) is 17.0. The van der Waals surface area contributed by atoms with Crippen LogP contribution in [0.4, 0.5) is 14.5 Å². The van der Waals surface area contributed by atoms with Crippen LogP contribution in [0.5, 0.6) is 0 Å². The van der Waals surface area contributed by atoms with Crippen molar-refractivity contribution in [1.29, 1.82) is 5.26 Å². The monoisotopic (exact) mass is 398 g/mol. The number of hydrogen-bond donors (Lipinski definition) is 1. The van der Waals surface area contributed by atoms with Crippen LogP contribution in [-0.4, -0.2) is 73.9 Å². The topological polar surface area (TPSA) is 68.6 Å². The Morgan fingerprint density at radius 2 is 2.00 bits per heavy atom. The predicted molar refractivity (Wildman–Crippen MR) is 101 cm³/mol. The van der Waals surface area contributed by atoms with Crippen LogP contribution in [0.1, 0.15) is 6.42 Å². The van der Waals surface area contributed by atoms with Crippen LogP contribution in [0.3, 0.4) is 0 Å². The summed E-state index contributed by atoms with van der Waals surface area (Å²) in [5.41, 5.74) is 0.562. The average molecular weight is 398 g/mol. The van der Waals surface area contributed by atoms with E-state index in [9.17, 15) is 13.6 Å². The molecule has 1 aliphatic rings. The highest BCUT2D eigenvalue weighted by Gasteiger charge is 2.15. The standard InChI is InChI=1S/C18H24F2N4O2S/c19-18(20)27-16-4-2-15(3-5-16)22-17(25)14-24(7-1-6-21)9-8-23-10-12-26-13-11-23/h2-5,18H,1,7-14H2,(H,22,25). The van der Waals surface area contributed by atoms with Gasteiger partial charge in [0.05, 0.1) is 25.8 Å². The number of halogens is 2.